The van der Waals surface area contributed by atoms with Crippen LogP contribution in [-0.2, 0) is 14.9 Å². The predicted molar refractivity (Wildman–Crippen MR) is 126 cm³/mol. The first kappa shape index (κ1) is 20.0. The van der Waals surface area contributed by atoms with Crippen LogP contribution in [0.5, 0.6) is 0 Å². The standard InChI is InChI=1S/C28H23NO3/c1-32-26(30)15-13-20-12-14-25-23(18-20)24(19-29(25)22-10-6-3-7-11-22)27(31)28(16-17-28)21-8-4-2-5-9-21/h2-15,18-19H,16-17H2,1H3/b15-13+. The molecule has 0 aliphatic heterocycles. The van der Waals surface area contributed by atoms with Gasteiger partial charge >= 0.3 is 5.97 Å². The van der Waals surface area contributed by atoms with Crippen LogP contribution in [0.4, 0.5) is 0 Å². The topological polar surface area (TPSA) is 48.3 Å². The molecule has 0 atom stereocenters. The zero-order chi connectivity index (χ0) is 22.1. The Bertz CT molecular complexity index is 1330. The van der Waals surface area contributed by atoms with Crippen LogP contribution in [0.1, 0.15) is 34.3 Å². The van der Waals surface area contributed by atoms with Crippen LogP contribution in [-0.4, -0.2) is 23.4 Å². The van der Waals surface area contributed by atoms with Crippen LogP contribution in [0.2, 0.25) is 0 Å². The van der Waals surface area contributed by atoms with Crippen LogP contribution in [0.25, 0.3) is 22.7 Å². The van der Waals surface area contributed by atoms with Gasteiger partial charge < -0.3 is 9.30 Å². The monoisotopic (exact) mass is 421 g/mol. The number of para-hydroxylation sites is 1. The molecular weight excluding hydrogens is 398 g/mol. The number of ether oxygens (including phenoxy) is 1. The molecule has 5 rings (SSSR count). The maximum atomic E-state index is 13.9. The van der Waals surface area contributed by atoms with Crippen LogP contribution in [0.15, 0.2) is 91.1 Å². The van der Waals surface area contributed by atoms with Crippen molar-refractivity contribution in [2.24, 2.45) is 0 Å². The highest BCUT2D eigenvalue weighted by Crippen LogP contribution is 2.51. The highest BCUT2D eigenvalue weighted by atomic mass is 16.5. The Balaban J connectivity index is 1.66. The summed E-state index contributed by atoms with van der Waals surface area (Å²) in [5.74, 6) is -0.262. The molecule has 3 aromatic carbocycles. The van der Waals surface area contributed by atoms with Crippen molar-refractivity contribution in [1.82, 2.24) is 4.57 Å². The minimum absolute atomic E-state index is 0.150. The molecule has 4 heteroatoms. The predicted octanol–water partition coefficient (Wildman–Crippen LogP) is 5.73. The van der Waals surface area contributed by atoms with Gasteiger partial charge in [-0.15, -0.1) is 0 Å². The second-order valence-corrected chi connectivity index (χ2v) is 8.16. The fourth-order valence-corrected chi connectivity index (χ4v) is 4.35. The van der Waals surface area contributed by atoms with Crippen LogP contribution < -0.4 is 0 Å². The first-order chi connectivity index (χ1) is 15.6. The van der Waals surface area contributed by atoms with Gasteiger partial charge in [0.05, 0.1) is 18.0 Å². The zero-order valence-corrected chi connectivity index (χ0v) is 17.8. The molecule has 0 N–H and O–H groups in total. The molecule has 0 amide bonds. The second kappa shape index (κ2) is 7.97. The lowest BCUT2D eigenvalue weighted by atomic mass is 9.87. The molecule has 0 bridgehead atoms. The molecule has 0 unspecified atom stereocenters. The summed E-state index contributed by atoms with van der Waals surface area (Å²) in [6.45, 7) is 0. The zero-order valence-electron chi connectivity index (χ0n) is 17.8. The van der Waals surface area contributed by atoms with Gasteiger partial charge in [-0.2, -0.15) is 0 Å². The van der Waals surface area contributed by atoms with Crippen LogP contribution >= 0.6 is 0 Å². The largest absolute Gasteiger partial charge is 0.466 e. The molecule has 1 aliphatic carbocycles. The van der Waals surface area contributed by atoms with Crippen LogP contribution in [0, 0.1) is 0 Å². The average Bonchev–Trinajstić information content (AvgIpc) is 3.58. The Kier molecular flexibility index (Phi) is 4.98. The molecule has 32 heavy (non-hydrogen) atoms. The number of carbonyl (C=O) groups is 2. The number of rotatable bonds is 6. The summed E-state index contributed by atoms with van der Waals surface area (Å²) in [6.07, 6.45) is 6.78. The number of hydrogen-bond donors (Lipinski definition) is 0. The SMILES string of the molecule is COC(=O)/C=C/c1ccc2c(c1)c(C(=O)C1(c3ccccc3)CC1)cn2-c1ccccc1. The van der Waals surface area contributed by atoms with Crippen molar-refractivity contribution in [3.63, 3.8) is 0 Å². The lowest BCUT2D eigenvalue weighted by Gasteiger charge is -2.14. The minimum Gasteiger partial charge on any atom is -0.466 e. The number of carbonyl (C=O) groups excluding carboxylic acids is 2. The number of Topliss-reactive ketones (excluding diaryl/α,β-unsaturated/α-hetero) is 1. The van der Waals surface area contributed by atoms with Crippen molar-refractivity contribution in [2.45, 2.75) is 18.3 Å². The van der Waals surface area contributed by atoms with E-state index >= 15 is 0 Å². The van der Waals surface area contributed by atoms with E-state index in [0.717, 1.165) is 40.6 Å². The van der Waals surface area contributed by atoms with E-state index < -0.39 is 11.4 Å². The van der Waals surface area contributed by atoms with E-state index in [4.69, 9.17) is 4.74 Å². The Hall–Kier alpha value is -3.92. The van der Waals surface area contributed by atoms with E-state index in [0.29, 0.717) is 5.56 Å². The van der Waals surface area contributed by atoms with Crippen molar-refractivity contribution in [2.75, 3.05) is 7.11 Å². The van der Waals surface area contributed by atoms with E-state index in [9.17, 15) is 9.59 Å². The maximum Gasteiger partial charge on any atom is 0.330 e. The number of ketones is 1. The molecule has 1 aliphatic rings. The maximum absolute atomic E-state index is 13.9. The third kappa shape index (κ3) is 3.44. The number of benzene rings is 3. The molecule has 4 nitrogen and oxygen atoms in total. The molecule has 0 radical (unpaired) electrons. The summed E-state index contributed by atoms with van der Waals surface area (Å²) in [7, 11) is 1.35. The molecule has 0 spiro atoms. The van der Waals surface area contributed by atoms with E-state index in [-0.39, 0.29) is 5.78 Å². The lowest BCUT2D eigenvalue weighted by molar-refractivity contribution is -0.134. The van der Waals surface area contributed by atoms with Gasteiger partial charge in [-0.25, -0.2) is 4.79 Å². The van der Waals surface area contributed by atoms with Crippen molar-refractivity contribution < 1.29 is 14.3 Å². The van der Waals surface area contributed by atoms with Crippen molar-refractivity contribution >= 4 is 28.7 Å². The highest BCUT2D eigenvalue weighted by molar-refractivity contribution is 6.15. The van der Waals surface area contributed by atoms with Crippen LogP contribution in [0.3, 0.4) is 0 Å². The second-order valence-electron chi connectivity index (χ2n) is 8.16. The summed E-state index contributed by atoms with van der Waals surface area (Å²) in [4.78, 5) is 25.4. The van der Waals surface area contributed by atoms with Gasteiger partial charge in [-0.3, -0.25) is 4.79 Å². The van der Waals surface area contributed by atoms with Crippen molar-refractivity contribution in [1.29, 1.82) is 0 Å². The van der Waals surface area contributed by atoms with Crippen molar-refractivity contribution in [3.8, 4) is 5.69 Å². The summed E-state index contributed by atoms with van der Waals surface area (Å²) < 4.78 is 6.77. The molecule has 158 valence electrons. The first-order valence-electron chi connectivity index (χ1n) is 10.7. The van der Waals surface area contributed by atoms with Gasteiger partial charge in [0, 0.05) is 28.9 Å². The number of nitrogens with zero attached hydrogens (tertiary/aromatic N) is 1. The third-order valence-electron chi connectivity index (χ3n) is 6.23. The van der Waals surface area contributed by atoms with E-state index in [1.165, 1.54) is 13.2 Å². The summed E-state index contributed by atoms with van der Waals surface area (Å²) in [5, 5.41) is 0.882. The molecule has 4 aromatic rings. The number of hydrogen-bond acceptors (Lipinski definition) is 3. The molecule has 0 saturated heterocycles. The molecule has 1 fully saturated rings. The summed E-state index contributed by atoms with van der Waals surface area (Å²) in [5.41, 5.74) is 4.13. The minimum atomic E-state index is -0.449. The Morgan fingerprint density at radius 1 is 0.938 bits per heavy atom. The van der Waals surface area contributed by atoms with Crippen molar-refractivity contribution in [3.05, 3.63) is 108 Å². The van der Waals surface area contributed by atoms with Gasteiger partial charge in [-0.05, 0) is 54.3 Å². The van der Waals surface area contributed by atoms with Gasteiger partial charge in [0.2, 0.25) is 0 Å². The van der Waals surface area contributed by atoms with Gasteiger partial charge in [0.25, 0.3) is 0 Å². The van der Waals surface area contributed by atoms with Gasteiger partial charge in [-0.1, -0.05) is 54.6 Å². The average molecular weight is 421 g/mol. The summed E-state index contributed by atoms with van der Waals surface area (Å²) >= 11 is 0. The van der Waals surface area contributed by atoms with E-state index in [1.54, 1.807) is 6.08 Å². The highest BCUT2D eigenvalue weighted by Gasteiger charge is 2.51. The quantitative estimate of drug-likeness (QED) is 0.227. The fraction of sp³-hybridized carbons (Fsp3) is 0.143. The number of aromatic nitrogens is 1. The molecule has 1 saturated carbocycles. The molecule has 1 aromatic heterocycles. The Morgan fingerprint density at radius 3 is 2.28 bits per heavy atom. The Labute approximate surface area is 186 Å². The van der Waals surface area contributed by atoms with Gasteiger partial charge in [0.15, 0.2) is 5.78 Å². The Morgan fingerprint density at radius 2 is 1.62 bits per heavy atom. The van der Waals surface area contributed by atoms with E-state index in [1.807, 2.05) is 85.1 Å². The summed E-state index contributed by atoms with van der Waals surface area (Å²) in [6, 6.07) is 26.0. The third-order valence-corrected chi connectivity index (χ3v) is 6.23. The fourth-order valence-electron chi connectivity index (χ4n) is 4.35. The smallest absolute Gasteiger partial charge is 0.330 e. The first-order valence-corrected chi connectivity index (χ1v) is 10.7. The van der Waals surface area contributed by atoms with E-state index in [2.05, 4.69) is 4.57 Å². The number of esters is 1. The number of methoxy groups -OCH3 is 1. The normalized spacial score (nSPS) is 14.5. The lowest BCUT2D eigenvalue weighted by Crippen LogP contribution is -2.20. The van der Waals surface area contributed by atoms with Gasteiger partial charge in [0.1, 0.15) is 0 Å². The molecule has 1 heterocycles. The molecular formula is C28H23NO3. The number of fused-ring (bicyclic) bond motifs is 1.